The Bertz CT molecular complexity index is 314. The first-order chi connectivity index (χ1) is 12.0. The maximum Gasteiger partial charge on any atom is 0.138 e. The van der Waals surface area contributed by atoms with Gasteiger partial charge in [0.05, 0.1) is 18.6 Å². The zero-order valence-electron chi connectivity index (χ0n) is 15.2. The first-order valence-electron chi connectivity index (χ1n) is 7.70. The van der Waals surface area contributed by atoms with Crippen molar-refractivity contribution >= 4 is 0 Å². The summed E-state index contributed by atoms with van der Waals surface area (Å²) in [5.74, 6) is 0. The molecule has 132 valence electrons. The predicted octanol–water partition coefficient (Wildman–Crippen LogP) is 2.69. The smallest absolute Gasteiger partial charge is 0.138 e. The molecule has 0 N–H and O–H groups in total. The Labute approximate surface area is 144 Å². The summed E-state index contributed by atoms with van der Waals surface area (Å²) in [6.45, 7) is 12.0. The fourth-order valence-electron chi connectivity index (χ4n) is 0.615. The second-order valence-electron chi connectivity index (χ2n) is 2.40. The highest BCUT2D eigenvalue weighted by Gasteiger charge is 1.61. The van der Waals surface area contributed by atoms with E-state index >= 15 is 0 Å². The van der Waals surface area contributed by atoms with E-state index in [-0.39, 0.29) is 0 Å². The molecule has 0 aliphatic carbocycles. The average molecular weight is 333 g/mol. The normalized spacial score (nSPS) is 6.75. The van der Waals surface area contributed by atoms with Crippen LogP contribution in [0.15, 0.2) is 56.2 Å². The van der Waals surface area contributed by atoms with Crippen molar-refractivity contribution in [3.63, 3.8) is 0 Å². The molecule has 0 atom stereocenters. The molecule has 0 radical (unpaired) electrons. The molecular weight excluding hydrogens is 306 g/mol. The zero-order valence-corrected chi connectivity index (χ0v) is 15.2. The van der Waals surface area contributed by atoms with Crippen molar-refractivity contribution in [2.24, 2.45) is 0 Å². The molecule has 3 aromatic rings. The summed E-state index contributed by atoms with van der Waals surface area (Å²) in [4.78, 5) is 14.3. The van der Waals surface area contributed by atoms with Gasteiger partial charge in [0.15, 0.2) is 0 Å². The SMILES string of the molecule is CC.CC.CC.c1cnncn1.c1cnnnc1.c1ncncn1. The lowest BCUT2D eigenvalue weighted by atomic mass is 10.7. The van der Waals surface area contributed by atoms with Crippen LogP contribution in [-0.4, -0.2) is 45.5 Å². The maximum atomic E-state index is 3.61. The molecule has 24 heavy (non-hydrogen) atoms. The first kappa shape index (κ1) is 26.0. The van der Waals surface area contributed by atoms with Crippen molar-refractivity contribution in [2.45, 2.75) is 41.5 Å². The number of aromatic nitrogens is 9. The Kier molecular flexibility index (Phi) is 34.7. The van der Waals surface area contributed by atoms with Crippen molar-refractivity contribution in [3.05, 3.63) is 56.2 Å². The van der Waals surface area contributed by atoms with Gasteiger partial charge in [0.2, 0.25) is 0 Å². The molecule has 0 fully saturated rings. The Morgan fingerprint density at radius 2 is 0.917 bits per heavy atom. The molecule has 3 rings (SSSR count). The molecule has 9 heteroatoms. The molecule has 0 aliphatic rings. The largest absolute Gasteiger partial charge is 0.241 e. The molecule has 0 saturated heterocycles. The van der Waals surface area contributed by atoms with Crippen molar-refractivity contribution in [2.75, 3.05) is 0 Å². The highest BCUT2D eigenvalue weighted by molar-refractivity contribution is 4.69. The monoisotopic (exact) mass is 333 g/mol. The van der Waals surface area contributed by atoms with E-state index in [0.717, 1.165) is 0 Å². The van der Waals surface area contributed by atoms with E-state index in [1.807, 2.05) is 41.5 Å². The third-order valence-corrected chi connectivity index (χ3v) is 1.21. The van der Waals surface area contributed by atoms with Gasteiger partial charge in [-0.3, -0.25) is 0 Å². The van der Waals surface area contributed by atoms with Crippen LogP contribution in [0.5, 0.6) is 0 Å². The summed E-state index contributed by atoms with van der Waals surface area (Å²) in [5.41, 5.74) is 0. The first-order valence-corrected chi connectivity index (χ1v) is 7.70. The standard InChI is InChI=1S/3C3H3N3.3C2H6/c1-4-2-6-3-5-1;1-2-5-6-3-4-1;1-2-4-6-5-3-1;3*1-2/h3*1-3H;3*1-2H3. The molecule has 9 nitrogen and oxygen atoms in total. The minimum Gasteiger partial charge on any atom is -0.241 e. The van der Waals surface area contributed by atoms with Gasteiger partial charge in [-0.2, -0.15) is 5.10 Å². The van der Waals surface area contributed by atoms with Crippen LogP contribution in [0.25, 0.3) is 0 Å². The second-order valence-corrected chi connectivity index (χ2v) is 2.40. The van der Waals surface area contributed by atoms with E-state index in [2.05, 4.69) is 45.5 Å². The lowest BCUT2D eigenvalue weighted by molar-refractivity contribution is 0.865. The van der Waals surface area contributed by atoms with Crippen LogP contribution in [0.1, 0.15) is 41.5 Å². The summed E-state index contributed by atoms with van der Waals surface area (Å²) < 4.78 is 0. The van der Waals surface area contributed by atoms with Crippen LogP contribution in [0.2, 0.25) is 0 Å². The van der Waals surface area contributed by atoms with Gasteiger partial charge in [-0.15, -0.1) is 15.3 Å². The average Bonchev–Trinajstić information content (AvgIpc) is 2.77. The lowest BCUT2D eigenvalue weighted by Gasteiger charge is -1.69. The molecule has 0 unspecified atom stereocenters. The van der Waals surface area contributed by atoms with Crippen molar-refractivity contribution in [1.82, 2.24) is 45.5 Å². The number of hydrogen-bond donors (Lipinski definition) is 0. The van der Waals surface area contributed by atoms with E-state index in [0.29, 0.717) is 0 Å². The van der Waals surface area contributed by atoms with Gasteiger partial charge in [-0.05, 0) is 11.3 Å². The quantitative estimate of drug-likeness (QED) is 0.612. The van der Waals surface area contributed by atoms with Gasteiger partial charge in [-0.25, -0.2) is 19.9 Å². The van der Waals surface area contributed by atoms with E-state index in [9.17, 15) is 0 Å². The maximum absolute atomic E-state index is 3.61. The van der Waals surface area contributed by atoms with E-state index in [4.69, 9.17) is 0 Å². The van der Waals surface area contributed by atoms with Crippen LogP contribution in [0.4, 0.5) is 0 Å². The Morgan fingerprint density at radius 3 is 1.04 bits per heavy atom. The molecular formula is C15H27N9. The topological polar surface area (TPSA) is 116 Å². The predicted molar refractivity (Wildman–Crippen MR) is 93.5 cm³/mol. The van der Waals surface area contributed by atoms with Gasteiger partial charge in [0.25, 0.3) is 0 Å². The molecule has 0 spiro atoms. The molecule has 3 heterocycles. The van der Waals surface area contributed by atoms with Gasteiger partial charge in [-0.1, -0.05) is 41.5 Å². The highest BCUT2D eigenvalue weighted by atomic mass is 15.3. The Balaban J connectivity index is -0.000000239. The molecule has 0 amide bonds. The van der Waals surface area contributed by atoms with Gasteiger partial charge < -0.3 is 0 Å². The molecule has 0 bridgehead atoms. The van der Waals surface area contributed by atoms with Crippen LogP contribution in [-0.2, 0) is 0 Å². The summed E-state index contributed by atoms with van der Waals surface area (Å²) in [5, 5.41) is 17.0. The lowest BCUT2D eigenvalue weighted by Crippen LogP contribution is -1.78. The second kappa shape index (κ2) is 32.1. The van der Waals surface area contributed by atoms with Crippen molar-refractivity contribution in [3.8, 4) is 0 Å². The van der Waals surface area contributed by atoms with Crippen LogP contribution >= 0.6 is 0 Å². The Hall–Kier alpha value is -2.97. The van der Waals surface area contributed by atoms with E-state index in [1.165, 1.54) is 31.5 Å². The van der Waals surface area contributed by atoms with Crippen LogP contribution < -0.4 is 0 Å². The minimum atomic E-state index is 1.39. The number of nitrogens with zero attached hydrogens (tertiary/aromatic N) is 9. The number of rotatable bonds is 0. The number of hydrogen-bond acceptors (Lipinski definition) is 9. The Morgan fingerprint density at radius 1 is 0.417 bits per heavy atom. The third kappa shape index (κ3) is 27.4. The summed E-state index contributed by atoms with van der Waals surface area (Å²) >= 11 is 0. The van der Waals surface area contributed by atoms with Gasteiger partial charge in [0, 0.05) is 6.20 Å². The fourth-order valence-corrected chi connectivity index (χ4v) is 0.615. The zero-order chi connectivity index (χ0) is 18.7. The van der Waals surface area contributed by atoms with Gasteiger partial charge >= 0.3 is 0 Å². The summed E-state index contributed by atoms with van der Waals surface area (Å²) in [7, 11) is 0. The molecule has 3 aromatic heterocycles. The summed E-state index contributed by atoms with van der Waals surface area (Å²) in [6.07, 6.45) is 12.0. The highest BCUT2D eigenvalue weighted by Crippen LogP contribution is 1.62. The van der Waals surface area contributed by atoms with Crippen molar-refractivity contribution in [1.29, 1.82) is 0 Å². The van der Waals surface area contributed by atoms with Crippen LogP contribution in [0, 0.1) is 0 Å². The van der Waals surface area contributed by atoms with E-state index < -0.39 is 0 Å². The van der Waals surface area contributed by atoms with Gasteiger partial charge in [0.1, 0.15) is 25.3 Å². The van der Waals surface area contributed by atoms with Crippen LogP contribution in [0.3, 0.4) is 0 Å². The fraction of sp³-hybridized carbons (Fsp3) is 0.400. The van der Waals surface area contributed by atoms with Crippen molar-refractivity contribution < 1.29 is 0 Å². The molecule has 0 saturated carbocycles. The molecule has 0 aliphatic heterocycles. The van der Waals surface area contributed by atoms with E-state index in [1.54, 1.807) is 24.7 Å². The minimum absolute atomic E-state index is 1.39. The molecule has 0 aromatic carbocycles. The summed E-state index contributed by atoms with van der Waals surface area (Å²) in [6, 6.07) is 1.72. The third-order valence-electron chi connectivity index (χ3n) is 1.21.